The van der Waals surface area contributed by atoms with Crippen LogP contribution in [0.4, 0.5) is 0 Å². The number of aliphatic hydroxyl groups excluding tert-OH is 1. The van der Waals surface area contributed by atoms with E-state index in [0.717, 1.165) is 27.0 Å². The zero-order valence-electron chi connectivity index (χ0n) is 14.1. The normalized spacial score (nSPS) is 12.1. The molecule has 5 heteroatoms. The van der Waals surface area contributed by atoms with Crippen molar-refractivity contribution in [2.24, 2.45) is 0 Å². The molecule has 0 saturated heterocycles. The van der Waals surface area contributed by atoms with Crippen LogP contribution in [0.5, 0.6) is 5.75 Å². The lowest BCUT2D eigenvalue weighted by atomic mass is 10.1. The van der Waals surface area contributed by atoms with Gasteiger partial charge in [-0.2, -0.15) is 0 Å². The molecule has 1 heterocycles. The van der Waals surface area contributed by atoms with Gasteiger partial charge in [0.1, 0.15) is 5.75 Å². The van der Waals surface area contributed by atoms with Crippen LogP contribution in [-0.4, -0.2) is 24.2 Å². The number of benzene rings is 2. The molecule has 25 heavy (non-hydrogen) atoms. The molecule has 1 aromatic heterocycles. The number of amides is 1. The summed E-state index contributed by atoms with van der Waals surface area (Å²) in [4.78, 5) is 12.1. The summed E-state index contributed by atoms with van der Waals surface area (Å²) in [7, 11) is 0. The molecule has 0 saturated carbocycles. The molecular formula is C20H21NO3S. The van der Waals surface area contributed by atoms with Gasteiger partial charge in [-0.3, -0.25) is 4.79 Å². The topological polar surface area (TPSA) is 58.6 Å². The summed E-state index contributed by atoms with van der Waals surface area (Å²) in [5.74, 6) is 0.689. The van der Waals surface area contributed by atoms with E-state index in [1.807, 2.05) is 60.8 Å². The van der Waals surface area contributed by atoms with Crippen molar-refractivity contribution in [3.05, 3.63) is 65.0 Å². The third-order valence-corrected chi connectivity index (χ3v) is 4.94. The molecule has 0 fully saturated rings. The minimum absolute atomic E-state index is 0.109. The second-order valence-corrected chi connectivity index (χ2v) is 6.67. The van der Waals surface area contributed by atoms with Crippen molar-refractivity contribution in [1.82, 2.24) is 5.32 Å². The zero-order chi connectivity index (χ0) is 17.6. The van der Waals surface area contributed by atoms with E-state index >= 15 is 0 Å². The van der Waals surface area contributed by atoms with Crippen molar-refractivity contribution in [3.8, 4) is 5.75 Å². The Hall–Kier alpha value is -2.37. The summed E-state index contributed by atoms with van der Waals surface area (Å²) in [6.45, 7) is 2.76. The van der Waals surface area contributed by atoms with Gasteiger partial charge in [-0.25, -0.2) is 0 Å². The fourth-order valence-corrected chi connectivity index (χ4v) is 3.70. The summed E-state index contributed by atoms with van der Waals surface area (Å²) in [6.07, 6.45) is -0.427. The Labute approximate surface area is 151 Å². The summed E-state index contributed by atoms with van der Waals surface area (Å²) >= 11 is 1.60. The molecule has 2 N–H and O–H groups in total. The average Bonchev–Trinajstić information content (AvgIpc) is 3.06. The molecule has 0 aliphatic rings. The third kappa shape index (κ3) is 4.38. The maximum absolute atomic E-state index is 12.1. The Morgan fingerprint density at radius 1 is 1.20 bits per heavy atom. The minimum Gasteiger partial charge on any atom is -0.494 e. The fourth-order valence-electron chi connectivity index (χ4n) is 2.69. The lowest BCUT2D eigenvalue weighted by Crippen LogP contribution is -2.29. The van der Waals surface area contributed by atoms with Crippen LogP contribution in [0.15, 0.2) is 53.9 Å². The van der Waals surface area contributed by atoms with Crippen LogP contribution in [0, 0.1) is 0 Å². The first-order valence-corrected chi connectivity index (χ1v) is 9.18. The number of fused-ring (bicyclic) bond motifs is 1. The van der Waals surface area contributed by atoms with Gasteiger partial charge in [0, 0.05) is 16.8 Å². The van der Waals surface area contributed by atoms with Crippen LogP contribution < -0.4 is 10.1 Å². The highest BCUT2D eigenvalue weighted by Crippen LogP contribution is 2.29. The molecule has 3 rings (SSSR count). The van der Waals surface area contributed by atoms with E-state index in [4.69, 9.17) is 4.74 Å². The molecule has 1 atom stereocenters. The largest absolute Gasteiger partial charge is 0.494 e. The number of aliphatic hydroxyl groups is 1. The first-order chi connectivity index (χ1) is 12.2. The van der Waals surface area contributed by atoms with Gasteiger partial charge in [-0.1, -0.05) is 30.3 Å². The summed E-state index contributed by atoms with van der Waals surface area (Å²) < 4.78 is 6.52. The molecule has 4 nitrogen and oxygen atoms in total. The lowest BCUT2D eigenvalue weighted by Gasteiger charge is -2.12. The molecule has 0 spiro atoms. The van der Waals surface area contributed by atoms with Crippen LogP contribution in [0.3, 0.4) is 0 Å². The zero-order valence-corrected chi connectivity index (χ0v) is 14.9. The average molecular weight is 355 g/mol. The first-order valence-electron chi connectivity index (χ1n) is 8.30. The van der Waals surface area contributed by atoms with E-state index in [0.29, 0.717) is 6.61 Å². The van der Waals surface area contributed by atoms with Crippen molar-refractivity contribution in [3.63, 3.8) is 0 Å². The Bertz CT molecular complexity index is 842. The van der Waals surface area contributed by atoms with Crippen molar-refractivity contribution >= 4 is 27.3 Å². The van der Waals surface area contributed by atoms with Crippen LogP contribution in [-0.2, 0) is 11.2 Å². The standard InChI is InChI=1S/C20H21NO3S/c1-2-24-15-9-7-14(8-10-15)11-20(23)21-12-18(22)17-13-25-19-6-4-3-5-16(17)19/h3-10,13,18,22H,2,11-12H2,1H3,(H,21,23). The van der Waals surface area contributed by atoms with Crippen molar-refractivity contribution < 1.29 is 14.6 Å². The maximum Gasteiger partial charge on any atom is 0.224 e. The quantitative estimate of drug-likeness (QED) is 0.679. The lowest BCUT2D eigenvalue weighted by molar-refractivity contribution is -0.120. The van der Waals surface area contributed by atoms with E-state index in [1.165, 1.54) is 0 Å². The highest BCUT2D eigenvalue weighted by atomic mass is 32.1. The molecule has 1 amide bonds. The van der Waals surface area contributed by atoms with Gasteiger partial charge in [0.15, 0.2) is 0 Å². The summed E-state index contributed by atoms with van der Waals surface area (Å²) in [5, 5.41) is 16.2. The molecule has 0 bridgehead atoms. The van der Waals surface area contributed by atoms with Crippen LogP contribution in [0.1, 0.15) is 24.2 Å². The van der Waals surface area contributed by atoms with Crippen molar-refractivity contribution in [2.75, 3.05) is 13.2 Å². The molecular weight excluding hydrogens is 334 g/mol. The second-order valence-electron chi connectivity index (χ2n) is 5.76. The number of carbonyl (C=O) groups is 1. The van der Waals surface area contributed by atoms with Crippen LogP contribution in [0.25, 0.3) is 10.1 Å². The highest BCUT2D eigenvalue weighted by Gasteiger charge is 2.14. The predicted octanol–water partition coefficient (Wildman–Crippen LogP) is 3.69. The molecule has 3 aromatic rings. The van der Waals surface area contributed by atoms with Gasteiger partial charge in [-0.15, -0.1) is 11.3 Å². The number of rotatable bonds is 7. The Kier molecular flexibility index (Phi) is 5.68. The molecule has 2 aromatic carbocycles. The maximum atomic E-state index is 12.1. The van der Waals surface area contributed by atoms with Crippen LogP contribution >= 0.6 is 11.3 Å². The fraction of sp³-hybridized carbons (Fsp3) is 0.250. The number of ether oxygens (including phenoxy) is 1. The minimum atomic E-state index is -0.708. The summed E-state index contributed by atoms with van der Waals surface area (Å²) in [6, 6.07) is 15.4. The molecule has 0 aliphatic carbocycles. The van der Waals surface area contributed by atoms with Gasteiger partial charge in [-0.05, 0) is 41.5 Å². The van der Waals surface area contributed by atoms with Gasteiger partial charge in [0.2, 0.25) is 5.91 Å². The number of nitrogens with one attached hydrogen (secondary N) is 1. The monoisotopic (exact) mass is 355 g/mol. The Balaban J connectivity index is 1.54. The summed E-state index contributed by atoms with van der Waals surface area (Å²) in [5.41, 5.74) is 1.78. The highest BCUT2D eigenvalue weighted by molar-refractivity contribution is 7.17. The predicted molar refractivity (Wildman–Crippen MR) is 101 cm³/mol. The smallest absolute Gasteiger partial charge is 0.224 e. The number of carbonyl (C=O) groups excluding carboxylic acids is 1. The number of thiophene rings is 1. The van der Waals surface area contributed by atoms with Crippen molar-refractivity contribution in [1.29, 1.82) is 0 Å². The van der Waals surface area contributed by atoms with E-state index in [1.54, 1.807) is 11.3 Å². The molecule has 0 aliphatic heterocycles. The molecule has 0 radical (unpaired) electrons. The van der Waals surface area contributed by atoms with Gasteiger partial charge >= 0.3 is 0 Å². The van der Waals surface area contributed by atoms with Crippen molar-refractivity contribution in [2.45, 2.75) is 19.4 Å². The van der Waals surface area contributed by atoms with Gasteiger partial charge < -0.3 is 15.2 Å². The Morgan fingerprint density at radius 3 is 2.72 bits per heavy atom. The second kappa shape index (κ2) is 8.14. The van der Waals surface area contributed by atoms with Gasteiger partial charge in [0.05, 0.1) is 19.1 Å². The van der Waals surface area contributed by atoms with E-state index in [9.17, 15) is 9.90 Å². The number of hydrogen-bond acceptors (Lipinski definition) is 4. The molecule has 130 valence electrons. The SMILES string of the molecule is CCOc1ccc(CC(=O)NCC(O)c2csc3ccccc23)cc1. The van der Waals surface area contributed by atoms with Crippen LogP contribution in [0.2, 0.25) is 0 Å². The van der Waals surface area contributed by atoms with E-state index in [-0.39, 0.29) is 18.9 Å². The van der Waals surface area contributed by atoms with E-state index < -0.39 is 6.10 Å². The molecule has 1 unspecified atom stereocenters. The van der Waals surface area contributed by atoms with Gasteiger partial charge in [0.25, 0.3) is 0 Å². The third-order valence-electron chi connectivity index (χ3n) is 3.96. The van der Waals surface area contributed by atoms with E-state index in [2.05, 4.69) is 5.32 Å². The Morgan fingerprint density at radius 2 is 1.96 bits per heavy atom. The first kappa shape index (κ1) is 17.5. The number of hydrogen-bond donors (Lipinski definition) is 2.